The second kappa shape index (κ2) is 7.08. The molecule has 0 bridgehead atoms. The summed E-state index contributed by atoms with van der Waals surface area (Å²) in [5, 5.41) is 2.80. The first-order valence-electron chi connectivity index (χ1n) is 5.85. The summed E-state index contributed by atoms with van der Waals surface area (Å²) in [6.07, 6.45) is 5.58. The number of hydrogen-bond acceptors (Lipinski definition) is 3. The van der Waals surface area contributed by atoms with Gasteiger partial charge < -0.3 is 9.73 Å². The highest BCUT2D eigenvalue weighted by molar-refractivity contribution is 14.1. The van der Waals surface area contributed by atoms with Crippen molar-refractivity contribution < 1.29 is 9.21 Å². The Morgan fingerprint density at radius 2 is 2.26 bits per heavy atom. The number of amides is 1. The Morgan fingerprint density at radius 3 is 2.95 bits per heavy atom. The first kappa shape index (κ1) is 13.8. The third kappa shape index (κ3) is 4.86. The molecule has 2 heterocycles. The number of aromatic nitrogens is 1. The minimum atomic E-state index is -0.137. The number of carbonyl (C=O) groups excluding carboxylic acids is 1. The standard InChI is InChI=1S/C14H13IN2O2/c15-13-6-4-12(19-13)5-7-14(18)17-10-8-11-3-1-2-9-16-11/h1-7,9H,8,10H2,(H,17,18). The van der Waals surface area contributed by atoms with Crippen LogP contribution in [0.2, 0.25) is 0 Å². The van der Waals surface area contributed by atoms with E-state index in [0.717, 1.165) is 15.9 Å². The molecule has 1 amide bonds. The van der Waals surface area contributed by atoms with E-state index in [1.54, 1.807) is 12.3 Å². The van der Waals surface area contributed by atoms with Crippen LogP contribution >= 0.6 is 22.6 Å². The van der Waals surface area contributed by atoms with E-state index in [0.29, 0.717) is 12.3 Å². The topological polar surface area (TPSA) is 55.1 Å². The van der Waals surface area contributed by atoms with Gasteiger partial charge in [-0.2, -0.15) is 0 Å². The van der Waals surface area contributed by atoms with Gasteiger partial charge in [0.05, 0.1) is 0 Å². The lowest BCUT2D eigenvalue weighted by Crippen LogP contribution is -2.23. The molecule has 0 saturated heterocycles. The number of nitrogens with zero attached hydrogens (tertiary/aromatic N) is 1. The molecule has 0 aliphatic heterocycles. The van der Waals surface area contributed by atoms with Crippen LogP contribution in [0.3, 0.4) is 0 Å². The molecule has 0 spiro atoms. The molecule has 19 heavy (non-hydrogen) atoms. The molecule has 0 unspecified atom stereocenters. The van der Waals surface area contributed by atoms with E-state index in [4.69, 9.17) is 4.42 Å². The minimum absolute atomic E-state index is 0.137. The minimum Gasteiger partial charge on any atom is -0.451 e. The van der Waals surface area contributed by atoms with Gasteiger partial charge in [0.25, 0.3) is 0 Å². The molecular formula is C14H13IN2O2. The van der Waals surface area contributed by atoms with Crippen molar-refractivity contribution in [1.29, 1.82) is 0 Å². The molecule has 2 rings (SSSR count). The van der Waals surface area contributed by atoms with E-state index in [-0.39, 0.29) is 5.91 Å². The highest BCUT2D eigenvalue weighted by Crippen LogP contribution is 2.11. The highest BCUT2D eigenvalue weighted by Gasteiger charge is 1.98. The Bertz CT molecular complexity index is 564. The molecule has 1 N–H and O–H groups in total. The van der Waals surface area contributed by atoms with Crippen LogP contribution in [-0.4, -0.2) is 17.4 Å². The molecule has 0 fully saturated rings. The molecule has 0 saturated carbocycles. The summed E-state index contributed by atoms with van der Waals surface area (Å²) in [5.74, 6) is 0.534. The van der Waals surface area contributed by atoms with Gasteiger partial charge in [-0.25, -0.2) is 0 Å². The first-order valence-corrected chi connectivity index (χ1v) is 6.93. The van der Waals surface area contributed by atoms with Crippen LogP contribution in [0, 0.1) is 3.77 Å². The number of pyridine rings is 1. The maximum atomic E-state index is 11.6. The van der Waals surface area contributed by atoms with E-state index in [2.05, 4.69) is 32.9 Å². The monoisotopic (exact) mass is 368 g/mol. The van der Waals surface area contributed by atoms with Gasteiger partial charge in [-0.1, -0.05) is 6.07 Å². The summed E-state index contributed by atoms with van der Waals surface area (Å²) in [5.41, 5.74) is 0.965. The Labute approximate surface area is 125 Å². The Hall–Kier alpha value is -1.63. The number of hydrogen-bond donors (Lipinski definition) is 1. The third-order valence-corrected chi connectivity index (χ3v) is 2.98. The van der Waals surface area contributed by atoms with Gasteiger partial charge >= 0.3 is 0 Å². The normalized spacial score (nSPS) is 10.8. The van der Waals surface area contributed by atoms with Crippen molar-refractivity contribution in [2.24, 2.45) is 0 Å². The SMILES string of the molecule is O=C(C=Cc1ccc(I)o1)NCCc1ccccn1. The van der Waals surface area contributed by atoms with Gasteiger partial charge in [0.2, 0.25) is 5.91 Å². The average molecular weight is 368 g/mol. The van der Waals surface area contributed by atoms with Gasteiger partial charge in [0, 0.05) is 30.9 Å². The first-order chi connectivity index (χ1) is 9.24. The van der Waals surface area contributed by atoms with Crippen molar-refractivity contribution in [1.82, 2.24) is 10.3 Å². The number of rotatable bonds is 5. The van der Waals surface area contributed by atoms with Crippen LogP contribution in [0.4, 0.5) is 0 Å². The van der Waals surface area contributed by atoms with Crippen molar-refractivity contribution in [3.8, 4) is 0 Å². The number of furan rings is 1. The third-order valence-electron chi connectivity index (χ3n) is 2.40. The lowest BCUT2D eigenvalue weighted by molar-refractivity contribution is -0.116. The summed E-state index contributed by atoms with van der Waals surface area (Å²) in [6.45, 7) is 0.565. The van der Waals surface area contributed by atoms with Crippen molar-refractivity contribution >= 4 is 34.6 Å². The molecule has 2 aromatic heterocycles. The zero-order valence-corrected chi connectivity index (χ0v) is 12.3. The van der Waals surface area contributed by atoms with Gasteiger partial charge in [-0.15, -0.1) is 0 Å². The van der Waals surface area contributed by atoms with Crippen molar-refractivity contribution in [2.45, 2.75) is 6.42 Å². The van der Waals surface area contributed by atoms with Crippen LogP contribution in [0.1, 0.15) is 11.5 Å². The zero-order valence-electron chi connectivity index (χ0n) is 10.2. The molecule has 4 nitrogen and oxygen atoms in total. The summed E-state index contributed by atoms with van der Waals surface area (Å²) >= 11 is 2.08. The fraction of sp³-hybridized carbons (Fsp3) is 0.143. The highest BCUT2D eigenvalue weighted by atomic mass is 127. The Kier molecular flexibility index (Phi) is 5.14. The van der Waals surface area contributed by atoms with Crippen molar-refractivity contribution in [3.63, 3.8) is 0 Å². The fourth-order valence-electron chi connectivity index (χ4n) is 1.49. The largest absolute Gasteiger partial charge is 0.451 e. The zero-order chi connectivity index (χ0) is 13.5. The molecule has 0 radical (unpaired) electrons. The van der Waals surface area contributed by atoms with Crippen molar-refractivity contribution in [3.05, 3.63) is 57.8 Å². The van der Waals surface area contributed by atoms with E-state index < -0.39 is 0 Å². The van der Waals surface area contributed by atoms with Crippen LogP contribution < -0.4 is 5.32 Å². The van der Waals surface area contributed by atoms with E-state index in [1.807, 2.05) is 30.3 Å². The predicted molar refractivity (Wildman–Crippen MR) is 81.4 cm³/mol. The molecule has 0 aromatic carbocycles. The molecule has 5 heteroatoms. The summed E-state index contributed by atoms with van der Waals surface area (Å²) < 4.78 is 6.12. The fourth-order valence-corrected chi connectivity index (χ4v) is 1.93. The molecule has 98 valence electrons. The Balaban J connectivity index is 1.74. The van der Waals surface area contributed by atoms with E-state index in [9.17, 15) is 4.79 Å². The summed E-state index contributed by atoms with van der Waals surface area (Å²) in [4.78, 5) is 15.7. The molecule has 0 aliphatic rings. The van der Waals surface area contributed by atoms with Crippen LogP contribution in [0.25, 0.3) is 6.08 Å². The quantitative estimate of drug-likeness (QED) is 0.652. The van der Waals surface area contributed by atoms with Crippen LogP contribution in [-0.2, 0) is 11.2 Å². The number of halogens is 1. The van der Waals surface area contributed by atoms with Gasteiger partial charge in [0.15, 0.2) is 3.77 Å². The van der Waals surface area contributed by atoms with Crippen molar-refractivity contribution in [2.75, 3.05) is 6.54 Å². The van der Waals surface area contributed by atoms with Gasteiger partial charge in [-0.3, -0.25) is 9.78 Å². The molecule has 0 atom stereocenters. The van der Waals surface area contributed by atoms with Crippen LogP contribution in [0.15, 0.2) is 47.0 Å². The van der Waals surface area contributed by atoms with E-state index >= 15 is 0 Å². The molecular weight excluding hydrogens is 355 g/mol. The second-order valence-electron chi connectivity index (χ2n) is 3.84. The summed E-state index contributed by atoms with van der Waals surface area (Å²) in [6, 6.07) is 9.41. The maximum absolute atomic E-state index is 11.6. The van der Waals surface area contributed by atoms with Gasteiger partial charge in [0.1, 0.15) is 5.76 Å². The molecule has 0 aliphatic carbocycles. The summed E-state index contributed by atoms with van der Waals surface area (Å²) in [7, 11) is 0. The number of nitrogens with one attached hydrogen (secondary N) is 1. The van der Waals surface area contributed by atoms with Crippen LogP contribution in [0.5, 0.6) is 0 Å². The second-order valence-corrected chi connectivity index (χ2v) is 4.90. The van der Waals surface area contributed by atoms with E-state index in [1.165, 1.54) is 6.08 Å². The van der Waals surface area contributed by atoms with Gasteiger partial charge in [-0.05, 0) is 52.9 Å². The predicted octanol–water partition coefficient (Wildman–Crippen LogP) is 2.65. The lowest BCUT2D eigenvalue weighted by Gasteiger charge is -2.01. The lowest BCUT2D eigenvalue weighted by atomic mass is 10.3. The Morgan fingerprint density at radius 1 is 1.37 bits per heavy atom. The smallest absolute Gasteiger partial charge is 0.244 e. The maximum Gasteiger partial charge on any atom is 0.244 e. The molecule has 2 aromatic rings. The number of carbonyl (C=O) groups is 1. The average Bonchev–Trinajstić information content (AvgIpc) is 2.83.